The molecular formula is C29H22O5S. The van der Waals surface area contributed by atoms with Crippen LogP contribution in [0.5, 0.6) is 0 Å². The van der Waals surface area contributed by atoms with E-state index >= 15 is 0 Å². The van der Waals surface area contributed by atoms with E-state index in [4.69, 9.17) is 9.47 Å². The molecule has 0 saturated carbocycles. The summed E-state index contributed by atoms with van der Waals surface area (Å²) < 4.78 is 39.6. The summed E-state index contributed by atoms with van der Waals surface area (Å²) in [5.41, 5.74) is 2.10. The van der Waals surface area contributed by atoms with Crippen LogP contribution in [0.25, 0.3) is 0 Å². The average molecular weight is 483 g/mol. The molecule has 4 aromatic rings. The van der Waals surface area contributed by atoms with Crippen molar-refractivity contribution in [3.8, 4) is 0 Å². The highest BCUT2D eigenvalue weighted by Crippen LogP contribution is 2.43. The molecule has 5 rings (SSSR count). The first-order valence-electron chi connectivity index (χ1n) is 11.1. The lowest BCUT2D eigenvalue weighted by Crippen LogP contribution is -2.14. The van der Waals surface area contributed by atoms with E-state index < -0.39 is 28.0 Å². The number of benzene rings is 4. The van der Waals surface area contributed by atoms with Crippen LogP contribution in [0.3, 0.4) is 0 Å². The Bertz CT molecular complexity index is 1410. The third kappa shape index (κ3) is 4.48. The lowest BCUT2D eigenvalue weighted by atomic mass is 10.0. The lowest BCUT2D eigenvalue weighted by molar-refractivity contribution is -0.143. The normalized spacial score (nSPS) is 15.8. The summed E-state index contributed by atoms with van der Waals surface area (Å²) in [5, 5.41) is 0. The zero-order valence-corrected chi connectivity index (χ0v) is 19.5. The van der Waals surface area contributed by atoms with Crippen molar-refractivity contribution in [2.75, 3.05) is 0 Å². The largest absolute Gasteiger partial charge is 0.473 e. The number of esters is 1. The summed E-state index contributed by atoms with van der Waals surface area (Å²) >= 11 is 0. The fourth-order valence-corrected chi connectivity index (χ4v) is 5.69. The Labute approximate surface area is 204 Å². The van der Waals surface area contributed by atoms with E-state index in [1.54, 1.807) is 42.5 Å². The maximum atomic E-state index is 13.9. The molecule has 4 aromatic carbocycles. The molecule has 0 amide bonds. The van der Waals surface area contributed by atoms with E-state index in [-0.39, 0.29) is 15.6 Å². The van der Waals surface area contributed by atoms with Crippen molar-refractivity contribution < 1.29 is 22.7 Å². The van der Waals surface area contributed by atoms with E-state index in [2.05, 4.69) is 0 Å². The Hall–Kier alpha value is -4.16. The molecule has 0 aliphatic carbocycles. The topological polar surface area (TPSA) is 69.7 Å². The summed E-state index contributed by atoms with van der Waals surface area (Å²) in [6, 6.07) is 35.5. The number of hydrogen-bond donors (Lipinski definition) is 0. The smallest absolute Gasteiger partial charge is 0.375 e. The van der Waals surface area contributed by atoms with Gasteiger partial charge in [0.05, 0.1) is 4.90 Å². The Morgan fingerprint density at radius 2 is 1.11 bits per heavy atom. The van der Waals surface area contributed by atoms with E-state index in [9.17, 15) is 13.2 Å². The second-order valence-electron chi connectivity index (χ2n) is 8.03. The molecule has 0 radical (unpaired) electrons. The van der Waals surface area contributed by atoms with Gasteiger partial charge in [0.1, 0.15) is 11.0 Å². The average Bonchev–Trinajstić information content (AvgIpc) is 3.26. The third-order valence-corrected chi connectivity index (χ3v) is 7.63. The second-order valence-corrected chi connectivity index (χ2v) is 9.94. The van der Waals surface area contributed by atoms with Crippen LogP contribution in [0.1, 0.15) is 28.9 Å². The van der Waals surface area contributed by atoms with Crippen LogP contribution in [0.15, 0.2) is 137 Å². The number of cyclic esters (lactones) is 1. The number of carbonyl (C=O) groups excluding carboxylic acids is 1. The first-order valence-corrected chi connectivity index (χ1v) is 12.6. The van der Waals surface area contributed by atoms with Crippen LogP contribution in [0, 0.1) is 0 Å². The highest BCUT2D eigenvalue weighted by molar-refractivity contribution is 7.95. The highest BCUT2D eigenvalue weighted by Gasteiger charge is 2.45. The molecule has 0 saturated heterocycles. The first-order chi connectivity index (χ1) is 17.1. The minimum atomic E-state index is -4.12. The molecular weight excluding hydrogens is 460 g/mol. The molecule has 5 nitrogen and oxygen atoms in total. The summed E-state index contributed by atoms with van der Waals surface area (Å²) in [6.45, 7) is 0. The monoisotopic (exact) mass is 482 g/mol. The molecule has 0 bridgehead atoms. The zero-order valence-electron chi connectivity index (χ0n) is 18.7. The molecule has 1 aliphatic rings. The summed E-state index contributed by atoms with van der Waals surface area (Å²) in [4.78, 5) is 13.0. The number of hydrogen-bond acceptors (Lipinski definition) is 5. The highest BCUT2D eigenvalue weighted by atomic mass is 32.2. The maximum absolute atomic E-state index is 13.9. The van der Waals surface area contributed by atoms with Gasteiger partial charge in [-0.15, -0.1) is 0 Å². The van der Waals surface area contributed by atoms with Crippen LogP contribution in [-0.2, 0) is 24.1 Å². The summed E-state index contributed by atoms with van der Waals surface area (Å²) in [5.74, 6) is -1.12. The lowest BCUT2D eigenvalue weighted by Gasteiger charge is -2.20. The fraction of sp³-hybridized carbons (Fsp3) is 0.0690. The van der Waals surface area contributed by atoms with Gasteiger partial charge in [-0.2, -0.15) is 0 Å². The van der Waals surface area contributed by atoms with Gasteiger partial charge in [-0.3, -0.25) is 0 Å². The molecule has 0 aromatic heterocycles. The van der Waals surface area contributed by atoms with Crippen LogP contribution >= 0.6 is 0 Å². The van der Waals surface area contributed by atoms with Gasteiger partial charge in [0.25, 0.3) is 0 Å². The predicted octanol–water partition coefficient (Wildman–Crippen LogP) is 5.78. The van der Waals surface area contributed by atoms with E-state index in [1.807, 2.05) is 66.7 Å². The second kappa shape index (κ2) is 9.60. The maximum Gasteiger partial charge on any atom is 0.375 e. The van der Waals surface area contributed by atoms with Crippen molar-refractivity contribution in [1.82, 2.24) is 0 Å². The van der Waals surface area contributed by atoms with Crippen molar-refractivity contribution in [2.24, 2.45) is 0 Å². The molecule has 0 spiro atoms. The molecule has 1 aliphatic heterocycles. The summed E-state index contributed by atoms with van der Waals surface area (Å²) in [6.07, 6.45) is -1.83. The van der Waals surface area contributed by atoms with Gasteiger partial charge >= 0.3 is 5.97 Å². The minimum absolute atomic E-state index is 0.0614. The number of carbonyl (C=O) groups is 1. The SMILES string of the molecule is O=C1OC(c2ccccc2)C(S(=O)(=O)c2ccccc2)=C1OC(c1ccccc1)c1ccccc1. The molecule has 1 atom stereocenters. The van der Waals surface area contributed by atoms with Gasteiger partial charge in [0, 0.05) is 0 Å². The quantitative estimate of drug-likeness (QED) is 0.313. The van der Waals surface area contributed by atoms with Crippen molar-refractivity contribution in [1.29, 1.82) is 0 Å². The first kappa shape index (κ1) is 22.6. The Morgan fingerprint density at radius 1 is 0.657 bits per heavy atom. The molecule has 0 N–H and O–H groups in total. The third-order valence-electron chi connectivity index (χ3n) is 5.76. The summed E-state index contributed by atoms with van der Waals surface area (Å²) in [7, 11) is -4.12. The van der Waals surface area contributed by atoms with Gasteiger partial charge in [0.2, 0.25) is 15.6 Å². The van der Waals surface area contributed by atoms with Crippen LogP contribution in [-0.4, -0.2) is 14.4 Å². The Balaban J connectivity index is 1.69. The van der Waals surface area contributed by atoms with Crippen molar-refractivity contribution in [3.63, 3.8) is 0 Å². The fourth-order valence-electron chi connectivity index (χ4n) is 4.08. The molecule has 1 heterocycles. The molecule has 35 heavy (non-hydrogen) atoms. The van der Waals surface area contributed by atoms with E-state index in [1.165, 1.54) is 12.1 Å². The van der Waals surface area contributed by atoms with Crippen molar-refractivity contribution in [2.45, 2.75) is 17.1 Å². The molecule has 1 unspecified atom stereocenters. The number of rotatable bonds is 7. The van der Waals surface area contributed by atoms with Crippen molar-refractivity contribution in [3.05, 3.63) is 149 Å². The van der Waals surface area contributed by atoms with Gasteiger partial charge in [0.15, 0.2) is 6.10 Å². The minimum Gasteiger partial charge on any atom is -0.473 e. The van der Waals surface area contributed by atoms with Gasteiger partial charge in [-0.1, -0.05) is 109 Å². The van der Waals surface area contributed by atoms with Crippen LogP contribution < -0.4 is 0 Å². The zero-order chi connectivity index (χ0) is 24.3. The van der Waals surface area contributed by atoms with Crippen LogP contribution in [0.2, 0.25) is 0 Å². The molecule has 6 heteroatoms. The Kier molecular flexibility index (Phi) is 6.21. The van der Waals surface area contributed by atoms with Crippen molar-refractivity contribution >= 4 is 15.8 Å². The standard InChI is InChI=1S/C29H22O5S/c30-29-27(33-25(21-13-5-1-6-14-21)22-15-7-2-8-16-22)28(26(34-29)23-17-9-3-10-18-23)35(31,32)24-19-11-4-12-20-24/h1-20,25-26H. The predicted molar refractivity (Wildman–Crippen MR) is 132 cm³/mol. The number of ether oxygens (including phenoxy) is 2. The van der Waals surface area contributed by atoms with Gasteiger partial charge in [-0.25, -0.2) is 13.2 Å². The van der Waals surface area contributed by atoms with E-state index in [0.29, 0.717) is 5.56 Å². The van der Waals surface area contributed by atoms with Gasteiger partial charge in [-0.05, 0) is 28.8 Å². The Morgan fingerprint density at radius 3 is 1.63 bits per heavy atom. The van der Waals surface area contributed by atoms with Gasteiger partial charge < -0.3 is 9.47 Å². The number of sulfone groups is 1. The van der Waals surface area contributed by atoms with Crippen LogP contribution in [0.4, 0.5) is 0 Å². The molecule has 174 valence electrons. The molecule has 0 fully saturated rings. The van der Waals surface area contributed by atoms with E-state index in [0.717, 1.165) is 11.1 Å².